The van der Waals surface area contributed by atoms with Gasteiger partial charge in [0.05, 0.1) is 11.1 Å². The van der Waals surface area contributed by atoms with Gasteiger partial charge in [0.15, 0.2) is 12.6 Å². The SMILES string of the molecule is O=C(OC[C@@H]1O[C@H](c2ccccc2)O[C@@H]1[C@@H]1O[C@H](c2ccccc2)O[C@H]1COC(=O)c1ccccc1)c1ccccc1. The summed E-state index contributed by atoms with van der Waals surface area (Å²) in [6, 6.07) is 36.5. The van der Waals surface area contributed by atoms with E-state index in [4.69, 9.17) is 28.4 Å². The van der Waals surface area contributed by atoms with Gasteiger partial charge in [0.1, 0.15) is 37.6 Å². The lowest BCUT2D eigenvalue weighted by atomic mass is 10.0. The van der Waals surface area contributed by atoms with E-state index in [0.29, 0.717) is 11.1 Å². The van der Waals surface area contributed by atoms with E-state index in [-0.39, 0.29) is 13.2 Å². The number of esters is 2. The van der Waals surface area contributed by atoms with Gasteiger partial charge in [-0.1, -0.05) is 97.1 Å². The minimum atomic E-state index is -0.719. The lowest BCUT2D eigenvalue weighted by Crippen LogP contribution is -2.45. The van der Waals surface area contributed by atoms with Crippen LogP contribution in [0, 0.1) is 0 Å². The highest BCUT2D eigenvalue weighted by atomic mass is 16.8. The van der Waals surface area contributed by atoms with Gasteiger partial charge in [-0.25, -0.2) is 9.59 Å². The fraction of sp³-hybridized carbons (Fsp3) is 0.235. The molecule has 2 fully saturated rings. The highest BCUT2D eigenvalue weighted by molar-refractivity contribution is 5.89. The fourth-order valence-corrected chi connectivity index (χ4v) is 5.01. The molecule has 8 nitrogen and oxygen atoms in total. The number of hydrogen-bond donors (Lipinski definition) is 0. The summed E-state index contributed by atoms with van der Waals surface area (Å²) in [5.41, 5.74) is 2.49. The van der Waals surface area contributed by atoms with Gasteiger partial charge in [-0.05, 0) is 24.3 Å². The Hall–Kier alpha value is -4.34. The van der Waals surface area contributed by atoms with Crippen molar-refractivity contribution in [3.63, 3.8) is 0 Å². The summed E-state index contributed by atoms with van der Waals surface area (Å²) in [7, 11) is 0. The predicted molar refractivity (Wildman–Crippen MR) is 151 cm³/mol. The third kappa shape index (κ3) is 6.42. The Morgan fingerprint density at radius 2 is 0.810 bits per heavy atom. The van der Waals surface area contributed by atoms with Crippen LogP contribution in [0.4, 0.5) is 0 Å². The van der Waals surface area contributed by atoms with Crippen molar-refractivity contribution in [1.82, 2.24) is 0 Å². The zero-order chi connectivity index (χ0) is 28.7. The molecule has 2 saturated heterocycles. The van der Waals surface area contributed by atoms with Crippen LogP contribution >= 0.6 is 0 Å². The Labute approximate surface area is 243 Å². The van der Waals surface area contributed by atoms with Crippen molar-refractivity contribution >= 4 is 11.9 Å². The molecule has 4 aromatic rings. The highest BCUT2D eigenvalue weighted by Gasteiger charge is 2.51. The highest BCUT2D eigenvalue weighted by Crippen LogP contribution is 2.41. The molecular formula is C34H30O8. The van der Waals surface area contributed by atoms with E-state index in [1.165, 1.54) is 0 Å². The Morgan fingerprint density at radius 1 is 0.476 bits per heavy atom. The normalized spacial score (nSPS) is 25.1. The molecule has 8 heteroatoms. The summed E-state index contributed by atoms with van der Waals surface area (Å²) in [6.45, 7) is -0.151. The molecule has 0 radical (unpaired) electrons. The lowest BCUT2D eigenvalue weighted by Gasteiger charge is -2.25. The van der Waals surface area contributed by atoms with Gasteiger partial charge in [0, 0.05) is 11.1 Å². The van der Waals surface area contributed by atoms with Crippen LogP contribution in [0.25, 0.3) is 0 Å². The second-order valence-corrected chi connectivity index (χ2v) is 9.96. The Balaban J connectivity index is 1.23. The molecule has 0 unspecified atom stereocenters. The first-order valence-corrected chi connectivity index (χ1v) is 13.8. The Kier molecular flexibility index (Phi) is 8.67. The van der Waals surface area contributed by atoms with Crippen LogP contribution in [0.2, 0.25) is 0 Å². The van der Waals surface area contributed by atoms with Crippen LogP contribution in [-0.4, -0.2) is 49.6 Å². The maximum absolute atomic E-state index is 12.8. The summed E-state index contributed by atoms with van der Waals surface area (Å²) < 4.78 is 36.8. The van der Waals surface area contributed by atoms with Crippen molar-refractivity contribution in [2.75, 3.05) is 13.2 Å². The van der Waals surface area contributed by atoms with Gasteiger partial charge < -0.3 is 28.4 Å². The molecule has 6 rings (SSSR count). The largest absolute Gasteiger partial charge is 0.459 e. The van der Waals surface area contributed by atoms with Gasteiger partial charge in [-0.3, -0.25) is 0 Å². The molecule has 0 amide bonds. The van der Waals surface area contributed by atoms with Gasteiger partial charge >= 0.3 is 11.9 Å². The average molecular weight is 567 g/mol. The predicted octanol–water partition coefficient (Wildman–Crippen LogP) is 5.67. The quantitative estimate of drug-likeness (QED) is 0.240. The smallest absolute Gasteiger partial charge is 0.338 e. The molecule has 6 atom stereocenters. The van der Waals surface area contributed by atoms with Crippen molar-refractivity contribution in [3.05, 3.63) is 144 Å². The molecule has 214 valence electrons. The van der Waals surface area contributed by atoms with Crippen LogP contribution in [0.5, 0.6) is 0 Å². The van der Waals surface area contributed by atoms with Crippen LogP contribution in [0.3, 0.4) is 0 Å². The molecule has 4 aromatic carbocycles. The molecule has 0 N–H and O–H groups in total. The maximum Gasteiger partial charge on any atom is 0.338 e. The minimum absolute atomic E-state index is 0.0753. The maximum atomic E-state index is 12.8. The monoisotopic (exact) mass is 566 g/mol. The van der Waals surface area contributed by atoms with Crippen molar-refractivity contribution in [1.29, 1.82) is 0 Å². The van der Waals surface area contributed by atoms with E-state index >= 15 is 0 Å². The van der Waals surface area contributed by atoms with E-state index < -0.39 is 48.9 Å². The summed E-state index contributed by atoms with van der Waals surface area (Å²) in [6.07, 6.45) is -4.20. The van der Waals surface area contributed by atoms with Crippen LogP contribution in [-0.2, 0) is 28.4 Å². The molecule has 0 saturated carbocycles. The third-order valence-electron chi connectivity index (χ3n) is 7.13. The molecule has 2 aliphatic rings. The Morgan fingerprint density at radius 3 is 1.17 bits per heavy atom. The van der Waals surface area contributed by atoms with Crippen molar-refractivity contribution in [2.45, 2.75) is 37.0 Å². The first-order valence-electron chi connectivity index (χ1n) is 13.8. The molecule has 0 bridgehead atoms. The first kappa shape index (κ1) is 27.8. The zero-order valence-electron chi connectivity index (χ0n) is 22.7. The third-order valence-corrected chi connectivity index (χ3v) is 7.13. The number of carbonyl (C=O) groups is 2. The zero-order valence-corrected chi connectivity index (χ0v) is 22.7. The average Bonchev–Trinajstić information content (AvgIpc) is 3.68. The van der Waals surface area contributed by atoms with Crippen LogP contribution in [0.15, 0.2) is 121 Å². The van der Waals surface area contributed by atoms with Gasteiger partial charge in [-0.15, -0.1) is 0 Å². The van der Waals surface area contributed by atoms with Gasteiger partial charge in [0.25, 0.3) is 0 Å². The van der Waals surface area contributed by atoms with Crippen LogP contribution < -0.4 is 0 Å². The van der Waals surface area contributed by atoms with Crippen molar-refractivity contribution < 1.29 is 38.0 Å². The topological polar surface area (TPSA) is 89.5 Å². The lowest BCUT2D eigenvalue weighted by molar-refractivity contribution is -0.107. The molecule has 0 aromatic heterocycles. The second kappa shape index (κ2) is 13.1. The van der Waals surface area contributed by atoms with Crippen molar-refractivity contribution in [2.24, 2.45) is 0 Å². The minimum Gasteiger partial charge on any atom is -0.459 e. The second-order valence-electron chi connectivity index (χ2n) is 9.96. The number of rotatable bonds is 9. The number of carbonyl (C=O) groups excluding carboxylic acids is 2. The van der Waals surface area contributed by atoms with E-state index in [0.717, 1.165) is 11.1 Å². The standard InChI is InChI=1S/C34H30O8/c35-31(23-13-5-1-6-14-23)37-21-27-29(41-33(39-27)25-17-9-3-10-18-25)30-28(22-38-32(36)24-15-7-2-8-16-24)40-34(42-30)26-19-11-4-12-20-26/h1-20,27-30,33-34H,21-22H2/t27-,28-,29-,30+,33-,34+/m0/s1. The molecule has 0 aliphatic carbocycles. The fourth-order valence-electron chi connectivity index (χ4n) is 5.01. The van der Waals surface area contributed by atoms with E-state index in [9.17, 15) is 9.59 Å². The summed E-state index contributed by atoms with van der Waals surface area (Å²) in [4.78, 5) is 25.5. The molecule has 42 heavy (non-hydrogen) atoms. The van der Waals surface area contributed by atoms with Gasteiger partial charge in [-0.2, -0.15) is 0 Å². The summed E-state index contributed by atoms with van der Waals surface area (Å²) in [5.74, 6) is -0.944. The Bertz CT molecular complexity index is 1340. The summed E-state index contributed by atoms with van der Waals surface area (Å²) in [5, 5.41) is 0. The van der Waals surface area contributed by atoms with Crippen LogP contribution in [0.1, 0.15) is 44.4 Å². The van der Waals surface area contributed by atoms with E-state index in [2.05, 4.69) is 0 Å². The summed E-state index contributed by atoms with van der Waals surface area (Å²) >= 11 is 0. The number of benzene rings is 4. The molecule has 2 heterocycles. The molecular weight excluding hydrogens is 536 g/mol. The first-order chi connectivity index (χ1) is 20.7. The molecule has 0 spiro atoms. The van der Waals surface area contributed by atoms with E-state index in [1.54, 1.807) is 48.5 Å². The van der Waals surface area contributed by atoms with Gasteiger partial charge in [0.2, 0.25) is 0 Å². The number of ether oxygens (including phenoxy) is 6. The number of hydrogen-bond acceptors (Lipinski definition) is 8. The van der Waals surface area contributed by atoms with Crippen molar-refractivity contribution in [3.8, 4) is 0 Å². The van der Waals surface area contributed by atoms with E-state index in [1.807, 2.05) is 72.8 Å². The molecule has 2 aliphatic heterocycles.